The number of piperidine rings is 1. The lowest BCUT2D eigenvalue weighted by molar-refractivity contribution is 0.0172. The molecule has 1 saturated heterocycles. The van der Waals surface area contributed by atoms with Crippen LogP contribution in [0.5, 0.6) is 0 Å². The summed E-state index contributed by atoms with van der Waals surface area (Å²) in [6.45, 7) is 16.4. The highest BCUT2D eigenvalue weighted by molar-refractivity contribution is 9.10. The minimum Gasteiger partial charge on any atom is -0.444 e. The zero-order valence-electron chi connectivity index (χ0n) is 14.2. The van der Waals surface area contributed by atoms with Crippen molar-refractivity contribution in [3.8, 4) is 0 Å². The van der Waals surface area contributed by atoms with Gasteiger partial charge in [-0.25, -0.2) is 9.64 Å². The van der Waals surface area contributed by atoms with Gasteiger partial charge in [-0.3, -0.25) is 0 Å². The van der Waals surface area contributed by atoms with Crippen molar-refractivity contribution in [2.45, 2.75) is 58.6 Å². The molecule has 0 spiro atoms. The first-order valence-corrected chi connectivity index (χ1v) is 8.80. The van der Waals surface area contributed by atoms with Gasteiger partial charge in [0.25, 0.3) is 0 Å². The Kier molecular flexibility index (Phi) is 5.41. The first kappa shape index (κ1) is 17.9. The normalized spacial score (nSPS) is 18.6. The van der Waals surface area contributed by atoms with E-state index in [2.05, 4.69) is 32.3 Å². The van der Waals surface area contributed by atoms with Crippen LogP contribution in [-0.4, -0.2) is 34.3 Å². The average Bonchev–Trinajstić information content (AvgIpc) is 2.81. The van der Waals surface area contributed by atoms with Gasteiger partial charge in [0, 0.05) is 35.5 Å². The largest absolute Gasteiger partial charge is 0.444 e. The smallest absolute Gasteiger partial charge is 0.410 e. The first-order chi connectivity index (χ1) is 10.8. The Labute approximate surface area is 146 Å². The van der Waals surface area contributed by atoms with Gasteiger partial charge in [0.15, 0.2) is 0 Å². The maximum Gasteiger partial charge on any atom is 0.410 e. The van der Waals surface area contributed by atoms with Crippen LogP contribution in [0.15, 0.2) is 10.7 Å². The van der Waals surface area contributed by atoms with Gasteiger partial charge in [-0.1, -0.05) is 22.9 Å². The number of ether oxygens (including phenoxy) is 1. The van der Waals surface area contributed by atoms with E-state index in [9.17, 15) is 4.79 Å². The molecule has 1 aliphatic heterocycles. The van der Waals surface area contributed by atoms with E-state index in [0.29, 0.717) is 12.2 Å². The second kappa shape index (κ2) is 6.96. The fraction of sp³-hybridized carbons (Fsp3) is 0.647. The Morgan fingerprint density at radius 2 is 2.22 bits per heavy atom. The molecule has 6 heteroatoms. The minimum atomic E-state index is -0.480. The summed E-state index contributed by atoms with van der Waals surface area (Å²) in [4.78, 5) is 17.7. The zero-order valence-corrected chi connectivity index (χ0v) is 15.8. The van der Waals surface area contributed by atoms with Gasteiger partial charge in [-0.15, -0.1) is 0 Å². The summed E-state index contributed by atoms with van der Waals surface area (Å²) >= 11 is 3.48. The van der Waals surface area contributed by atoms with Crippen LogP contribution in [-0.2, 0) is 11.2 Å². The van der Waals surface area contributed by atoms with Crippen molar-refractivity contribution in [1.29, 1.82) is 0 Å². The zero-order chi connectivity index (χ0) is 17.2. The average molecular weight is 382 g/mol. The van der Waals surface area contributed by atoms with Gasteiger partial charge in [0.05, 0.1) is 6.57 Å². The number of carbonyl (C=O) groups is 1. The molecule has 126 valence electrons. The number of aromatic nitrogens is 1. The number of likely N-dealkylation sites (tertiary alicyclic amines) is 1. The topological polar surface area (TPSA) is 38.8 Å². The molecular weight excluding hydrogens is 358 g/mol. The number of hydrogen-bond donors (Lipinski definition) is 0. The Hall–Kier alpha value is -1.48. The lowest BCUT2D eigenvalue weighted by Crippen LogP contribution is -2.43. The number of hydrogen-bond acceptors (Lipinski definition) is 2. The molecule has 0 aromatic carbocycles. The van der Waals surface area contributed by atoms with Crippen LogP contribution in [0.3, 0.4) is 0 Å². The number of carbonyl (C=O) groups excluding carboxylic acids is 1. The van der Waals surface area contributed by atoms with Crippen LogP contribution in [0.25, 0.3) is 4.85 Å². The summed E-state index contributed by atoms with van der Waals surface area (Å²) in [7, 11) is 0. The van der Waals surface area contributed by atoms with Gasteiger partial charge in [0.2, 0.25) is 5.69 Å². The predicted molar refractivity (Wildman–Crippen MR) is 93.9 cm³/mol. The lowest BCUT2D eigenvalue weighted by atomic mass is 10.1. The van der Waals surface area contributed by atoms with Crippen LogP contribution in [0.2, 0.25) is 0 Å². The SMILES string of the molecule is [C-]#[N+]c1c(Br)cn([C@@H]2CCCN(C(=O)OC(C)(C)C)C2)c1CC. The van der Waals surface area contributed by atoms with E-state index >= 15 is 0 Å². The summed E-state index contributed by atoms with van der Waals surface area (Å²) in [6, 6.07) is 0.193. The molecule has 5 nitrogen and oxygen atoms in total. The highest BCUT2D eigenvalue weighted by Gasteiger charge is 2.29. The third-order valence-electron chi connectivity index (χ3n) is 3.95. The molecule has 1 aliphatic rings. The third-order valence-corrected chi connectivity index (χ3v) is 4.53. The molecule has 0 aliphatic carbocycles. The Balaban J connectivity index is 2.19. The van der Waals surface area contributed by atoms with Crippen molar-refractivity contribution in [2.24, 2.45) is 0 Å². The Bertz CT molecular complexity index is 625. The number of amides is 1. The quantitative estimate of drug-likeness (QED) is 0.680. The predicted octanol–water partition coefficient (Wildman–Crippen LogP) is 4.94. The molecule has 1 fully saturated rings. The maximum atomic E-state index is 12.3. The molecule has 1 amide bonds. The molecular formula is C17H24BrN3O2. The Morgan fingerprint density at radius 1 is 1.52 bits per heavy atom. The van der Waals surface area contributed by atoms with Crippen molar-refractivity contribution in [2.75, 3.05) is 13.1 Å². The van der Waals surface area contributed by atoms with E-state index in [0.717, 1.165) is 36.0 Å². The lowest BCUT2D eigenvalue weighted by Gasteiger charge is -2.35. The van der Waals surface area contributed by atoms with Crippen LogP contribution in [0.1, 0.15) is 52.3 Å². The Morgan fingerprint density at radius 3 is 2.78 bits per heavy atom. The van der Waals surface area contributed by atoms with Crippen molar-refractivity contribution < 1.29 is 9.53 Å². The van der Waals surface area contributed by atoms with Crippen LogP contribution in [0.4, 0.5) is 10.5 Å². The second-order valence-electron chi connectivity index (χ2n) is 6.87. The van der Waals surface area contributed by atoms with Crippen molar-refractivity contribution in [3.63, 3.8) is 0 Å². The highest BCUT2D eigenvalue weighted by Crippen LogP contribution is 2.36. The molecule has 1 aromatic rings. The van der Waals surface area contributed by atoms with Crippen molar-refractivity contribution in [3.05, 3.63) is 27.8 Å². The molecule has 0 radical (unpaired) electrons. The van der Waals surface area contributed by atoms with Gasteiger partial charge in [0.1, 0.15) is 5.60 Å². The highest BCUT2D eigenvalue weighted by atomic mass is 79.9. The first-order valence-electron chi connectivity index (χ1n) is 8.01. The molecule has 2 rings (SSSR count). The van der Waals surface area contributed by atoms with Crippen LogP contribution >= 0.6 is 15.9 Å². The number of rotatable bonds is 2. The van der Waals surface area contributed by atoms with E-state index in [4.69, 9.17) is 11.3 Å². The van der Waals surface area contributed by atoms with Gasteiger partial charge < -0.3 is 14.2 Å². The van der Waals surface area contributed by atoms with Crippen molar-refractivity contribution in [1.82, 2.24) is 9.47 Å². The minimum absolute atomic E-state index is 0.193. The summed E-state index contributed by atoms with van der Waals surface area (Å²) < 4.78 is 8.48. The van der Waals surface area contributed by atoms with Gasteiger partial charge in [-0.2, -0.15) is 0 Å². The summed E-state index contributed by atoms with van der Waals surface area (Å²) in [5, 5.41) is 0. The summed E-state index contributed by atoms with van der Waals surface area (Å²) in [5.74, 6) is 0. The second-order valence-corrected chi connectivity index (χ2v) is 7.72. The molecule has 2 heterocycles. The van der Waals surface area contributed by atoms with E-state index < -0.39 is 5.60 Å². The number of halogens is 1. The molecule has 0 bridgehead atoms. The van der Waals surface area contributed by atoms with E-state index in [-0.39, 0.29) is 12.1 Å². The van der Waals surface area contributed by atoms with E-state index in [1.165, 1.54) is 0 Å². The fourth-order valence-corrected chi connectivity index (χ4v) is 3.53. The van der Waals surface area contributed by atoms with E-state index in [1.54, 1.807) is 4.90 Å². The molecule has 1 atom stereocenters. The summed E-state index contributed by atoms with van der Waals surface area (Å²) in [5.41, 5.74) is 1.23. The molecule has 0 N–H and O–H groups in total. The third kappa shape index (κ3) is 4.08. The fourth-order valence-electron chi connectivity index (χ4n) is 2.99. The molecule has 23 heavy (non-hydrogen) atoms. The van der Waals surface area contributed by atoms with E-state index in [1.807, 2.05) is 27.0 Å². The maximum absolute atomic E-state index is 12.3. The number of nitrogens with zero attached hydrogens (tertiary/aromatic N) is 3. The van der Waals surface area contributed by atoms with Gasteiger partial charge in [-0.05, 0) is 40.0 Å². The van der Waals surface area contributed by atoms with Gasteiger partial charge >= 0.3 is 6.09 Å². The van der Waals surface area contributed by atoms with Crippen molar-refractivity contribution >= 4 is 27.7 Å². The molecule has 0 saturated carbocycles. The summed E-state index contributed by atoms with van der Waals surface area (Å²) in [6.07, 6.45) is 4.47. The molecule has 1 aromatic heterocycles. The standard InChI is InChI=1S/C17H24BrN3O2/c1-6-14-15(19-5)13(18)11-21(14)12-8-7-9-20(10-12)16(22)23-17(2,3)4/h11-12H,6-10H2,1-4H3/t12-/m1/s1. The van der Waals surface area contributed by atoms with Crippen LogP contribution < -0.4 is 0 Å². The van der Waals surface area contributed by atoms with Crippen LogP contribution in [0, 0.1) is 6.57 Å². The monoisotopic (exact) mass is 381 g/mol. The molecule has 0 unspecified atom stereocenters.